The molecule has 2 amide bonds. The van der Waals surface area contributed by atoms with Crippen LogP contribution in [-0.4, -0.2) is 54.2 Å². The van der Waals surface area contributed by atoms with Crippen LogP contribution in [0.15, 0.2) is 48.5 Å². The molecule has 0 saturated carbocycles. The van der Waals surface area contributed by atoms with Crippen LogP contribution in [0.5, 0.6) is 0 Å². The van der Waals surface area contributed by atoms with Crippen molar-refractivity contribution in [1.82, 2.24) is 10.2 Å². The van der Waals surface area contributed by atoms with E-state index in [4.69, 9.17) is 9.84 Å². The fourth-order valence-corrected chi connectivity index (χ4v) is 5.11. The second-order valence-corrected chi connectivity index (χ2v) is 9.64. The molecule has 2 aromatic rings. The summed E-state index contributed by atoms with van der Waals surface area (Å²) in [6.07, 6.45) is 2.40. The molecule has 35 heavy (non-hydrogen) atoms. The molecule has 1 heterocycles. The number of fused-ring (bicyclic) bond motifs is 3. The van der Waals surface area contributed by atoms with Gasteiger partial charge in [-0.25, -0.2) is 4.79 Å². The molecule has 1 aliphatic carbocycles. The van der Waals surface area contributed by atoms with Gasteiger partial charge in [0.2, 0.25) is 5.91 Å². The zero-order valence-electron chi connectivity index (χ0n) is 20.2. The number of nitrogens with zero attached hydrogens (tertiary/aromatic N) is 1. The minimum absolute atomic E-state index is 0.0200. The molecule has 186 valence electrons. The average molecular weight is 479 g/mol. The van der Waals surface area contributed by atoms with E-state index in [2.05, 4.69) is 29.6 Å². The molecule has 1 unspecified atom stereocenters. The first-order valence-corrected chi connectivity index (χ1v) is 12.5. The van der Waals surface area contributed by atoms with Gasteiger partial charge in [0.1, 0.15) is 6.61 Å². The lowest BCUT2D eigenvalue weighted by atomic mass is 9.92. The quantitative estimate of drug-likeness (QED) is 0.490. The number of likely N-dealkylation sites (tertiary alicyclic amines) is 1. The lowest BCUT2D eigenvalue weighted by molar-refractivity contribution is -0.140. The zero-order valence-corrected chi connectivity index (χ0v) is 20.2. The van der Waals surface area contributed by atoms with Crippen molar-refractivity contribution < 1.29 is 24.2 Å². The Balaban J connectivity index is 1.19. The number of carboxylic acid groups (broad SMARTS) is 1. The molecule has 2 aromatic carbocycles. The number of alkyl carbamates (subject to hydrolysis) is 1. The van der Waals surface area contributed by atoms with Gasteiger partial charge in [-0.1, -0.05) is 61.9 Å². The van der Waals surface area contributed by atoms with Crippen LogP contribution in [0.1, 0.15) is 56.1 Å². The number of amides is 2. The number of carbonyl (C=O) groups excluding carboxylic acids is 2. The van der Waals surface area contributed by atoms with Crippen molar-refractivity contribution in [3.8, 4) is 11.1 Å². The largest absolute Gasteiger partial charge is 0.481 e. The van der Waals surface area contributed by atoms with Gasteiger partial charge in [-0.3, -0.25) is 9.59 Å². The van der Waals surface area contributed by atoms with Crippen LogP contribution in [0.3, 0.4) is 0 Å². The summed E-state index contributed by atoms with van der Waals surface area (Å²) in [6.45, 7) is 4.09. The monoisotopic (exact) mass is 478 g/mol. The predicted octanol–water partition coefficient (Wildman–Crippen LogP) is 4.65. The van der Waals surface area contributed by atoms with Crippen LogP contribution >= 0.6 is 0 Å². The first-order valence-electron chi connectivity index (χ1n) is 12.5. The van der Waals surface area contributed by atoms with E-state index in [0.717, 1.165) is 12.8 Å². The third-order valence-electron chi connectivity index (χ3n) is 7.23. The Morgan fingerprint density at radius 2 is 1.69 bits per heavy atom. The van der Waals surface area contributed by atoms with Crippen molar-refractivity contribution in [2.24, 2.45) is 11.8 Å². The second-order valence-electron chi connectivity index (χ2n) is 9.64. The van der Waals surface area contributed by atoms with Gasteiger partial charge >= 0.3 is 12.1 Å². The normalized spacial score (nSPS) is 15.6. The highest BCUT2D eigenvalue weighted by Gasteiger charge is 2.31. The minimum atomic E-state index is -0.771. The van der Waals surface area contributed by atoms with Gasteiger partial charge in [0.15, 0.2) is 0 Å². The molecule has 1 saturated heterocycles. The Hall–Kier alpha value is -3.35. The number of hydrogen-bond donors (Lipinski definition) is 2. The lowest BCUT2D eigenvalue weighted by Crippen LogP contribution is -2.50. The highest BCUT2D eigenvalue weighted by molar-refractivity contribution is 5.79. The molecule has 1 atom stereocenters. The van der Waals surface area contributed by atoms with Crippen LogP contribution in [-0.2, 0) is 14.3 Å². The van der Waals surface area contributed by atoms with Crippen LogP contribution in [0.25, 0.3) is 11.1 Å². The fraction of sp³-hybridized carbons (Fsp3) is 0.464. The standard InChI is InChI=1S/C28H34N2O5/c1-2-19(14-26(31)30-16-20(17-30)8-7-13-27(32)33)15-29-28(34)35-18-25-23-11-5-3-9-21(23)22-10-4-6-12-24(22)25/h3-6,9-12,19-20,25H,2,7-8,13-18H2,1H3,(H,29,34)(H,32,33). The molecule has 4 rings (SSSR count). The van der Waals surface area contributed by atoms with Gasteiger partial charge in [0.25, 0.3) is 0 Å². The predicted molar refractivity (Wildman–Crippen MR) is 133 cm³/mol. The molecule has 7 nitrogen and oxygen atoms in total. The van der Waals surface area contributed by atoms with Crippen molar-refractivity contribution in [3.63, 3.8) is 0 Å². The van der Waals surface area contributed by atoms with Crippen LogP contribution in [0.4, 0.5) is 4.79 Å². The Labute approximate surface area is 206 Å². The van der Waals surface area contributed by atoms with E-state index in [-0.39, 0.29) is 30.8 Å². The van der Waals surface area contributed by atoms with Gasteiger partial charge in [-0.2, -0.15) is 0 Å². The van der Waals surface area contributed by atoms with Gasteiger partial charge < -0.3 is 20.1 Å². The van der Waals surface area contributed by atoms with Gasteiger partial charge in [-0.15, -0.1) is 0 Å². The SMILES string of the molecule is CCC(CNC(=O)OCC1c2ccccc2-c2ccccc21)CC(=O)N1CC(CCCC(=O)O)C1. The summed E-state index contributed by atoms with van der Waals surface area (Å²) in [5, 5.41) is 11.6. The van der Waals surface area contributed by atoms with Crippen molar-refractivity contribution in [3.05, 3.63) is 59.7 Å². The summed E-state index contributed by atoms with van der Waals surface area (Å²) in [5.41, 5.74) is 4.73. The number of nitrogens with one attached hydrogen (secondary N) is 1. The first-order chi connectivity index (χ1) is 17.0. The molecule has 2 aliphatic rings. The van der Waals surface area contributed by atoms with E-state index >= 15 is 0 Å². The summed E-state index contributed by atoms with van der Waals surface area (Å²) in [7, 11) is 0. The summed E-state index contributed by atoms with van der Waals surface area (Å²) < 4.78 is 5.60. The summed E-state index contributed by atoms with van der Waals surface area (Å²) in [6, 6.07) is 16.5. The maximum atomic E-state index is 12.6. The van der Waals surface area contributed by atoms with Crippen molar-refractivity contribution in [2.75, 3.05) is 26.2 Å². The molecule has 7 heteroatoms. The van der Waals surface area contributed by atoms with E-state index in [9.17, 15) is 14.4 Å². The number of ether oxygens (including phenoxy) is 1. The van der Waals surface area contributed by atoms with Crippen molar-refractivity contribution in [2.45, 2.75) is 44.9 Å². The molecule has 2 N–H and O–H groups in total. The smallest absolute Gasteiger partial charge is 0.407 e. The maximum Gasteiger partial charge on any atom is 0.407 e. The number of rotatable bonds is 11. The van der Waals surface area contributed by atoms with E-state index in [0.29, 0.717) is 38.4 Å². The van der Waals surface area contributed by atoms with E-state index < -0.39 is 12.1 Å². The number of aliphatic carboxylic acids is 1. The lowest BCUT2D eigenvalue weighted by Gasteiger charge is -2.40. The summed E-state index contributed by atoms with van der Waals surface area (Å²) >= 11 is 0. The first kappa shape index (κ1) is 24.8. The minimum Gasteiger partial charge on any atom is -0.481 e. The Bertz CT molecular complexity index is 1020. The Morgan fingerprint density at radius 3 is 2.29 bits per heavy atom. The zero-order chi connectivity index (χ0) is 24.8. The Morgan fingerprint density at radius 1 is 1.06 bits per heavy atom. The van der Waals surface area contributed by atoms with E-state index in [1.54, 1.807) is 0 Å². The summed E-state index contributed by atoms with van der Waals surface area (Å²) in [4.78, 5) is 37.5. The molecule has 0 bridgehead atoms. The second kappa shape index (κ2) is 11.4. The van der Waals surface area contributed by atoms with Gasteiger partial charge in [-0.05, 0) is 46.9 Å². The van der Waals surface area contributed by atoms with Crippen molar-refractivity contribution >= 4 is 18.0 Å². The van der Waals surface area contributed by atoms with E-state index in [1.165, 1.54) is 22.3 Å². The number of carboxylic acids is 1. The fourth-order valence-electron chi connectivity index (χ4n) is 5.11. The molecular formula is C28H34N2O5. The third-order valence-corrected chi connectivity index (χ3v) is 7.23. The average Bonchev–Trinajstić information content (AvgIpc) is 3.15. The molecule has 0 aromatic heterocycles. The molecule has 0 radical (unpaired) electrons. The number of benzene rings is 2. The van der Waals surface area contributed by atoms with Crippen LogP contribution < -0.4 is 5.32 Å². The number of hydrogen-bond acceptors (Lipinski definition) is 4. The third kappa shape index (κ3) is 6.02. The van der Waals surface area contributed by atoms with Gasteiger partial charge in [0.05, 0.1) is 0 Å². The molecule has 0 spiro atoms. The van der Waals surface area contributed by atoms with E-state index in [1.807, 2.05) is 36.1 Å². The number of carbonyl (C=O) groups is 3. The Kier molecular flexibility index (Phi) is 8.06. The molecular weight excluding hydrogens is 444 g/mol. The molecule has 1 aliphatic heterocycles. The topological polar surface area (TPSA) is 95.9 Å². The summed E-state index contributed by atoms with van der Waals surface area (Å²) in [5.74, 6) is -0.203. The highest BCUT2D eigenvalue weighted by Crippen LogP contribution is 2.44. The highest BCUT2D eigenvalue weighted by atomic mass is 16.5. The van der Waals surface area contributed by atoms with Crippen LogP contribution in [0.2, 0.25) is 0 Å². The van der Waals surface area contributed by atoms with Crippen LogP contribution in [0, 0.1) is 11.8 Å². The van der Waals surface area contributed by atoms with Gasteiger partial charge in [0, 0.05) is 38.4 Å². The molecule has 1 fully saturated rings. The maximum absolute atomic E-state index is 12.6. The van der Waals surface area contributed by atoms with Crippen molar-refractivity contribution in [1.29, 1.82) is 0 Å².